The SMILES string of the molecule is Cc1ccc(F)c(C(=O)Nc2cc(F)ccc2F)c1. The van der Waals surface area contributed by atoms with E-state index in [-0.39, 0.29) is 11.3 Å². The van der Waals surface area contributed by atoms with E-state index in [0.717, 1.165) is 24.3 Å². The highest BCUT2D eigenvalue weighted by Crippen LogP contribution is 2.18. The van der Waals surface area contributed by atoms with Gasteiger partial charge >= 0.3 is 0 Å². The van der Waals surface area contributed by atoms with Gasteiger partial charge in [-0.25, -0.2) is 13.2 Å². The van der Waals surface area contributed by atoms with E-state index in [2.05, 4.69) is 5.32 Å². The van der Waals surface area contributed by atoms with Crippen molar-refractivity contribution in [1.82, 2.24) is 0 Å². The Morgan fingerprint density at radius 2 is 1.68 bits per heavy atom. The van der Waals surface area contributed by atoms with Crippen molar-refractivity contribution in [3.05, 3.63) is 65.0 Å². The second-order valence-electron chi connectivity index (χ2n) is 4.06. The fourth-order valence-corrected chi connectivity index (χ4v) is 1.60. The summed E-state index contributed by atoms with van der Waals surface area (Å²) in [5, 5.41) is 2.14. The number of rotatable bonds is 2. The van der Waals surface area contributed by atoms with Crippen molar-refractivity contribution in [3.63, 3.8) is 0 Å². The van der Waals surface area contributed by atoms with Gasteiger partial charge in [-0.15, -0.1) is 0 Å². The Morgan fingerprint density at radius 3 is 2.42 bits per heavy atom. The van der Waals surface area contributed by atoms with Crippen molar-refractivity contribution in [2.75, 3.05) is 5.32 Å². The van der Waals surface area contributed by atoms with Crippen LogP contribution in [0.25, 0.3) is 0 Å². The van der Waals surface area contributed by atoms with Gasteiger partial charge in [-0.2, -0.15) is 0 Å². The molecule has 1 N–H and O–H groups in total. The standard InChI is InChI=1S/C14H10F3NO/c1-8-2-4-11(16)10(6-8)14(19)18-13-7-9(15)3-5-12(13)17/h2-7H,1H3,(H,18,19). The summed E-state index contributed by atoms with van der Waals surface area (Å²) in [6.07, 6.45) is 0. The van der Waals surface area contributed by atoms with Crippen LogP contribution in [0.5, 0.6) is 0 Å². The fourth-order valence-electron chi connectivity index (χ4n) is 1.60. The lowest BCUT2D eigenvalue weighted by Crippen LogP contribution is -2.15. The Labute approximate surface area is 107 Å². The molecule has 0 radical (unpaired) electrons. The molecule has 19 heavy (non-hydrogen) atoms. The summed E-state index contributed by atoms with van der Waals surface area (Å²) in [6.45, 7) is 1.69. The molecule has 0 aliphatic rings. The van der Waals surface area contributed by atoms with E-state index in [1.54, 1.807) is 6.92 Å². The quantitative estimate of drug-likeness (QED) is 0.882. The molecule has 0 aliphatic carbocycles. The summed E-state index contributed by atoms with van der Waals surface area (Å²) in [6, 6.07) is 6.64. The van der Waals surface area contributed by atoms with Crippen LogP contribution >= 0.6 is 0 Å². The third kappa shape index (κ3) is 2.93. The average molecular weight is 265 g/mol. The zero-order valence-electron chi connectivity index (χ0n) is 10.0. The predicted molar refractivity (Wildman–Crippen MR) is 65.4 cm³/mol. The third-order valence-corrected chi connectivity index (χ3v) is 2.54. The van der Waals surface area contributed by atoms with Crippen molar-refractivity contribution in [1.29, 1.82) is 0 Å². The Hall–Kier alpha value is -2.30. The number of benzene rings is 2. The highest BCUT2D eigenvalue weighted by atomic mass is 19.1. The molecule has 0 aromatic heterocycles. The zero-order chi connectivity index (χ0) is 14.0. The van der Waals surface area contributed by atoms with E-state index in [4.69, 9.17) is 0 Å². The van der Waals surface area contributed by atoms with Crippen molar-refractivity contribution >= 4 is 11.6 Å². The van der Waals surface area contributed by atoms with Crippen LogP contribution in [0.4, 0.5) is 18.9 Å². The Kier molecular flexibility index (Phi) is 3.55. The molecule has 0 atom stereocenters. The molecule has 0 unspecified atom stereocenters. The lowest BCUT2D eigenvalue weighted by molar-refractivity contribution is 0.102. The Morgan fingerprint density at radius 1 is 1.00 bits per heavy atom. The predicted octanol–water partition coefficient (Wildman–Crippen LogP) is 3.66. The van der Waals surface area contributed by atoms with Crippen LogP contribution in [0.3, 0.4) is 0 Å². The lowest BCUT2D eigenvalue weighted by Gasteiger charge is -2.08. The number of carbonyl (C=O) groups is 1. The van der Waals surface area contributed by atoms with Crippen LogP contribution in [0, 0.1) is 24.4 Å². The number of halogens is 3. The van der Waals surface area contributed by atoms with E-state index < -0.39 is 23.4 Å². The maximum atomic E-state index is 13.5. The summed E-state index contributed by atoms with van der Waals surface area (Å²) >= 11 is 0. The molecule has 0 bridgehead atoms. The van der Waals surface area contributed by atoms with Crippen LogP contribution in [0.1, 0.15) is 15.9 Å². The van der Waals surface area contributed by atoms with Crippen molar-refractivity contribution in [2.24, 2.45) is 0 Å². The number of hydrogen-bond acceptors (Lipinski definition) is 1. The molecule has 2 rings (SSSR count). The minimum absolute atomic E-state index is 0.219. The van der Waals surface area contributed by atoms with Crippen molar-refractivity contribution < 1.29 is 18.0 Å². The van der Waals surface area contributed by atoms with E-state index in [1.165, 1.54) is 12.1 Å². The fraction of sp³-hybridized carbons (Fsp3) is 0.0714. The zero-order valence-corrected chi connectivity index (χ0v) is 10.0. The van der Waals surface area contributed by atoms with E-state index >= 15 is 0 Å². The molecule has 2 aromatic carbocycles. The molecule has 0 heterocycles. The molecule has 2 aromatic rings. The molecule has 0 fully saturated rings. The van der Waals surface area contributed by atoms with Gasteiger partial charge in [0.15, 0.2) is 0 Å². The van der Waals surface area contributed by atoms with Crippen molar-refractivity contribution in [2.45, 2.75) is 6.92 Å². The van der Waals surface area contributed by atoms with Crippen LogP contribution in [0.15, 0.2) is 36.4 Å². The molecule has 2 nitrogen and oxygen atoms in total. The summed E-state index contributed by atoms with van der Waals surface area (Å²) in [5.41, 5.74) is 0.140. The van der Waals surface area contributed by atoms with Crippen LogP contribution in [-0.2, 0) is 0 Å². The van der Waals surface area contributed by atoms with E-state index in [1.807, 2.05) is 0 Å². The van der Waals surface area contributed by atoms with Crippen molar-refractivity contribution in [3.8, 4) is 0 Å². The maximum Gasteiger partial charge on any atom is 0.258 e. The Bertz CT molecular complexity index is 641. The third-order valence-electron chi connectivity index (χ3n) is 2.54. The number of hydrogen-bond donors (Lipinski definition) is 1. The van der Waals surface area contributed by atoms with Gasteiger partial charge in [0, 0.05) is 6.07 Å². The molecule has 0 saturated carbocycles. The van der Waals surface area contributed by atoms with Gasteiger partial charge in [-0.1, -0.05) is 11.6 Å². The molecule has 0 spiro atoms. The summed E-state index contributed by atoms with van der Waals surface area (Å²) in [7, 11) is 0. The molecule has 0 aliphatic heterocycles. The number of nitrogens with one attached hydrogen (secondary N) is 1. The van der Waals surface area contributed by atoms with Gasteiger partial charge in [-0.3, -0.25) is 4.79 Å². The molecule has 1 amide bonds. The first-order chi connectivity index (χ1) is 8.97. The number of carbonyl (C=O) groups excluding carboxylic acids is 1. The molecule has 5 heteroatoms. The van der Waals surface area contributed by atoms with Crippen LogP contribution in [0.2, 0.25) is 0 Å². The van der Waals surface area contributed by atoms with E-state index in [0.29, 0.717) is 5.56 Å². The first kappa shape index (κ1) is 13.1. The molecular formula is C14H10F3NO. The maximum absolute atomic E-state index is 13.5. The average Bonchev–Trinajstić information content (AvgIpc) is 2.36. The smallest absolute Gasteiger partial charge is 0.258 e. The van der Waals surface area contributed by atoms with E-state index in [9.17, 15) is 18.0 Å². The van der Waals surface area contributed by atoms with Gasteiger partial charge in [-0.05, 0) is 31.2 Å². The summed E-state index contributed by atoms with van der Waals surface area (Å²) < 4.78 is 39.8. The first-order valence-electron chi connectivity index (χ1n) is 5.50. The largest absolute Gasteiger partial charge is 0.319 e. The highest BCUT2D eigenvalue weighted by molar-refractivity contribution is 6.04. The summed E-state index contributed by atoms with van der Waals surface area (Å²) in [5.74, 6) is -3.03. The van der Waals surface area contributed by atoms with Crippen LogP contribution in [-0.4, -0.2) is 5.91 Å². The van der Waals surface area contributed by atoms with Gasteiger partial charge in [0.05, 0.1) is 11.3 Å². The monoisotopic (exact) mass is 265 g/mol. The number of aryl methyl sites for hydroxylation is 1. The van der Waals surface area contributed by atoms with Gasteiger partial charge in [0.1, 0.15) is 17.5 Å². The normalized spacial score (nSPS) is 10.3. The Balaban J connectivity index is 2.30. The van der Waals surface area contributed by atoms with Crippen LogP contribution < -0.4 is 5.32 Å². The number of amides is 1. The molecule has 98 valence electrons. The van der Waals surface area contributed by atoms with Gasteiger partial charge < -0.3 is 5.32 Å². The minimum atomic E-state index is -0.828. The lowest BCUT2D eigenvalue weighted by atomic mass is 10.1. The second kappa shape index (κ2) is 5.14. The van der Waals surface area contributed by atoms with Gasteiger partial charge in [0.2, 0.25) is 0 Å². The molecule has 0 saturated heterocycles. The van der Waals surface area contributed by atoms with Gasteiger partial charge in [0.25, 0.3) is 5.91 Å². The number of anilines is 1. The molecular weight excluding hydrogens is 255 g/mol. The second-order valence-corrected chi connectivity index (χ2v) is 4.06. The minimum Gasteiger partial charge on any atom is -0.319 e. The summed E-state index contributed by atoms with van der Waals surface area (Å²) in [4.78, 5) is 11.8. The topological polar surface area (TPSA) is 29.1 Å². The highest BCUT2D eigenvalue weighted by Gasteiger charge is 2.14. The first-order valence-corrected chi connectivity index (χ1v) is 5.50.